The second kappa shape index (κ2) is 5.85. The zero-order chi connectivity index (χ0) is 16.7. The molecule has 5 nitrogen and oxygen atoms in total. The number of aryl methyl sites for hydroxylation is 1. The van der Waals surface area contributed by atoms with Gasteiger partial charge in [-0.1, -0.05) is 6.07 Å². The predicted molar refractivity (Wildman–Crippen MR) is 91.2 cm³/mol. The van der Waals surface area contributed by atoms with Crippen molar-refractivity contribution in [3.63, 3.8) is 0 Å². The van der Waals surface area contributed by atoms with E-state index < -0.39 is 5.82 Å². The maximum atomic E-state index is 13.0. The lowest BCUT2D eigenvalue weighted by atomic mass is 10.0. The summed E-state index contributed by atoms with van der Waals surface area (Å²) in [6.45, 7) is 1.94. The molecule has 1 aromatic carbocycles. The van der Waals surface area contributed by atoms with Gasteiger partial charge in [0.05, 0.1) is 12.4 Å². The highest BCUT2D eigenvalue weighted by atomic mass is 19.1. The molecule has 2 aliphatic heterocycles. The maximum absolute atomic E-state index is 13.0. The van der Waals surface area contributed by atoms with E-state index in [4.69, 9.17) is 0 Å². The number of nitrogens with zero attached hydrogens (tertiary/aromatic N) is 3. The molecule has 6 heteroatoms. The number of fused-ring (bicyclic) bond motifs is 2. The minimum Gasteiger partial charge on any atom is -0.319 e. The molecule has 4 rings (SSSR count). The van der Waals surface area contributed by atoms with Crippen molar-refractivity contribution < 1.29 is 10.6 Å². The number of halogens is 1. The van der Waals surface area contributed by atoms with E-state index in [2.05, 4.69) is 15.3 Å². The molecule has 0 spiro atoms. The van der Waals surface area contributed by atoms with E-state index in [0.29, 0.717) is 23.6 Å². The van der Waals surface area contributed by atoms with Crippen LogP contribution in [0.15, 0.2) is 30.6 Å². The van der Waals surface area contributed by atoms with Crippen molar-refractivity contribution in [3.05, 3.63) is 42.0 Å². The van der Waals surface area contributed by atoms with Crippen molar-refractivity contribution in [2.24, 2.45) is 0 Å². The van der Waals surface area contributed by atoms with Gasteiger partial charge in [0.15, 0.2) is 11.6 Å². The minimum absolute atomic E-state index is 0. The third-order valence-corrected chi connectivity index (χ3v) is 5.04. The largest absolute Gasteiger partial charge is 0.322 e. The number of nitrogens with one attached hydrogen (secondary N) is 1. The number of amides is 2. The summed E-state index contributed by atoms with van der Waals surface area (Å²) in [5, 5.41) is 2.99. The molecule has 1 N–H and O–H groups in total. The first-order valence-corrected chi connectivity index (χ1v) is 8.30. The Morgan fingerprint density at radius 1 is 1.21 bits per heavy atom. The summed E-state index contributed by atoms with van der Waals surface area (Å²) in [6.07, 6.45) is 6.74. The lowest BCUT2D eigenvalue weighted by Crippen LogP contribution is -2.38. The van der Waals surface area contributed by atoms with Gasteiger partial charge in [-0.25, -0.2) is 19.2 Å². The van der Waals surface area contributed by atoms with E-state index >= 15 is 0 Å². The van der Waals surface area contributed by atoms with Crippen LogP contribution in [-0.2, 0) is 0 Å². The van der Waals surface area contributed by atoms with Gasteiger partial charge in [-0.3, -0.25) is 0 Å². The zero-order valence-corrected chi connectivity index (χ0v) is 13.5. The summed E-state index contributed by atoms with van der Waals surface area (Å²) < 4.78 is 13.0. The number of hydrogen-bond donors (Lipinski definition) is 1. The van der Waals surface area contributed by atoms with Crippen LogP contribution in [0.3, 0.4) is 0 Å². The number of carbonyl (C=O) groups is 1. The van der Waals surface area contributed by atoms with E-state index in [0.717, 1.165) is 49.2 Å². The molecular formula is C18H21FN4O. The topological polar surface area (TPSA) is 58.1 Å². The number of aromatic nitrogens is 2. The fourth-order valence-electron chi connectivity index (χ4n) is 3.82. The summed E-state index contributed by atoms with van der Waals surface area (Å²) in [4.78, 5) is 22.6. The van der Waals surface area contributed by atoms with E-state index in [1.165, 1.54) is 0 Å². The molecule has 2 saturated heterocycles. The molecule has 2 bridgehead atoms. The Kier molecular flexibility index (Phi) is 3.67. The first kappa shape index (κ1) is 15.1. The normalized spacial score (nSPS) is 22.0. The average Bonchev–Trinajstić information content (AvgIpc) is 3.18. The molecule has 2 aliphatic rings. The highest BCUT2D eigenvalue weighted by Crippen LogP contribution is 2.37. The molecule has 0 unspecified atom stereocenters. The van der Waals surface area contributed by atoms with Gasteiger partial charge in [-0.15, -0.1) is 0 Å². The van der Waals surface area contributed by atoms with Gasteiger partial charge in [0, 0.05) is 24.8 Å². The fraction of sp³-hybridized carbons (Fsp3) is 0.389. The van der Waals surface area contributed by atoms with Gasteiger partial charge in [0.2, 0.25) is 0 Å². The first-order chi connectivity index (χ1) is 11.6. The molecule has 126 valence electrons. The Bertz CT molecular complexity index is 763. The Morgan fingerprint density at radius 3 is 2.46 bits per heavy atom. The summed E-state index contributed by atoms with van der Waals surface area (Å²) in [7, 11) is 0. The molecule has 1 aromatic heterocycles. The molecule has 0 aliphatic carbocycles. The quantitative estimate of drug-likeness (QED) is 0.906. The Labute approximate surface area is 141 Å². The Morgan fingerprint density at radius 2 is 1.83 bits per heavy atom. The SMILES string of the molecule is Cc1ccc(NC(=O)N2C3CCC2CC3)cc1-c1ncc(F)cn1.[HH]. The fourth-order valence-corrected chi connectivity index (χ4v) is 3.82. The van der Waals surface area contributed by atoms with Crippen LogP contribution in [-0.4, -0.2) is 33.0 Å². The van der Waals surface area contributed by atoms with Gasteiger partial charge in [-0.2, -0.15) is 0 Å². The molecule has 24 heavy (non-hydrogen) atoms. The van der Waals surface area contributed by atoms with Crippen LogP contribution in [0.25, 0.3) is 11.4 Å². The van der Waals surface area contributed by atoms with Gasteiger partial charge >= 0.3 is 6.03 Å². The molecule has 0 radical (unpaired) electrons. The van der Waals surface area contributed by atoms with Crippen molar-refractivity contribution in [1.29, 1.82) is 0 Å². The molecule has 2 fully saturated rings. The molecule has 3 heterocycles. The van der Waals surface area contributed by atoms with Crippen LogP contribution < -0.4 is 5.32 Å². The van der Waals surface area contributed by atoms with Gasteiger partial charge < -0.3 is 10.2 Å². The first-order valence-electron chi connectivity index (χ1n) is 8.30. The van der Waals surface area contributed by atoms with Crippen LogP contribution in [0.1, 0.15) is 32.7 Å². The summed E-state index contributed by atoms with van der Waals surface area (Å²) in [5.41, 5.74) is 2.47. The van der Waals surface area contributed by atoms with E-state index in [1.807, 2.05) is 30.0 Å². The van der Waals surface area contributed by atoms with Crippen molar-refractivity contribution in [2.75, 3.05) is 5.32 Å². The smallest absolute Gasteiger partial charge is 0.319 e. The number of urea groups is 1. The van der Waals surface area contributed by atoms with E-state index in [-0.39, 0.29) is 7.46 Å². The Hall–Kier alpha value is -2.50. The highest BCUT2D eigenvalue weighted by molar-refractivity contribution is 5.91. The lowest BCUT2D eigenvalue weighted by Gasteiger charge is -2.22. The number of rotatable bonds is 2. The van der Waals surface area contributed by atoms with Gasteiger partial charge in [-0.05, 0) is 50.3 Å². The monoisotopic (exact) mass is 328 g/mol. The third-order valence-electron chi connectivity index (χ3n) is 5.04. The minimum atomic E-state index is -0.467. The summed E-state index contributed by atoms with van der Waals surface area (Å²) in [5.74, 6) is -0.0170. The van der Waals surface area contributed by atoms with Crippen LogP contribution in [0.5, 0.6) is 0 Å². The van der Waals surface area contributed by atoms with Crippen LogP contribution in [0.4, 0.5) is 14.9 Å². The second-order valence-corrected chi connectivity index (χ2v) is 6.55. The van der Waals surface area contributed by atoms with Crippen LogP contribution in [0, 0.1) is 12.7 Å². The van der Waals surface area contributed by atoms with Gasteiger partial charge in [0.25, 0.3) is 0 Å². The van der Waals surface area contributed by atoms with E-state index in [1.54, 1.807) is 0 Å². The molecule has 2 aromatic rings. The van der Waals surface area contributed by atoms with Crippen molar-refractivity contribution in [1.82, 2.24) is 14.9 Å². The summed E-state index contributed by atoms with van der Waals surface area (Å²) in [6, 6.07) is 6.38. The lowest BCUT2D eigenvalue weighted by molar-refractivity contribution is 0.206. The number of carbonyl (C=O) groups excluding carboxylic acids is 1. The van der Waals surface area contributed by atoms with Gasteiger partial charge in [0.1, 0.15) is 0 Å². The predicted octanol–water partition coefficient (Wildman–Crippen LogP) is 4.00. The van der Waals surface area contributed by atoms with Crippen LogP contribution >= 0.6 is 0 Å². The standard InChI is InChI=1S/C18H19FN4O.H2/c1-11-2-3-13(8-16(11)17-20-9-12(19)10-21-17)22-18(24)23-14-4-5-15(23)7-6-14;/h2-3,8-10,14-15H,4-7H2,1H3,(H,22,24);1H. The maximum Gasteiger partial charge on any atom is 0.322 e. The molecule has 0 saturated carbocycles. The van der Waals surface area contributed by atoms with E-state index in [9.17, 15) is 9.18 Å². The molecule has 2 amide bonds. The highest BCUT2D eigenvalue weighted by Gasteiger charge is 2.42. The molecular weight excluding hydrogens is 307 g/mol. The number of hydrogen-bond acceptors (Lipinski definition) is 3. The zero-order valence-electron chi connectivity index (χ0n) is 13.5. The Balaban J connectivity index is 0.00000182. The second-order valence-electron chi connectivity index (χ2n) is 6.55. The number of anilines is 1. The average molecular weight is 328 g/mol. The van der Waals surface area contributed by atoms with Crippen molar-refractivity contribution in [3.8, 4) is 11.4 Å². The third kappa shape index (κ3) is 2.62. The number of benzene rings is 1. The van der Waals surface area contributed by atoms with Crippen LogP contribution in [0.2, 0.25) is 0 Å². The van der Waals surface area contributed by atoms with Crippen molar-refractivity contribution in [2.45, 2.75) is 44.7 Å². The molecule has 0 atom stereocenters. The summed E-state index contributed by atoms with van der Waals surface area (Å²) >= 11 is 0. The van der Waals surface area contributed by atoms with Crippen molar-refractivity contribution >= 4 is 11.7 Å².